The summed E-state index contributed by atoms with van der Waals surface area (Å²) in [5, 5.41) is 113. The highest BCUT2D eigenvalue weighted by Gasteiger charge is 2.51. The molecular formula is C52H83N3O18. The van der Waals surface area contributed by atoms with E-state index in [1.807, 2.05) is 13.0 Å². The zero-order valence-electron chi connectivity index (χ0n) is 42.5. The van der Waals surface area contributed by atoms with Crippen molar-refractivity contribution in [3.05, 3.63) is 85.1 Å². The summed E-state index contributed by atoms with van der Waals surface area (Å²) in [6.45, 7) is 6.81. The molecule has 21 heteroatoms. The molecule has 0 aromatic heterocycles. The van der Waals surface area contributed by atoms with Gasteiger partial charge in [-0.25, -0.2) is 0 Å². The van der Waals surface area contributed by atoms with Crippen molar-refractivity contribution in [2.45, 2.75) is 189 Å². The van der Waals surface area contributed by atoms with Gasteiger partial charge < -0.3 is 91.5 Å². The zero-order valence-corrected chi connectivity index (χ0v) is 42.5. The quantitative estimate of drug-likeness (QED) is 0.145. The summed E-state index contributed by atoms with van der Waals surface area (Å²) >= 11 is 0. The van der Waals surface area contributed by atoms with Crippen molar-refractivity contribution in [1.29, 1.82) is 0 Å². The molecule has 414 valence electrons. The molecule has 0 aliphatic carbocycles. The van der Waals surface area contributed by atoms with Crippen LogP contribution in [0.15, 0.2) is 85.1 Å². The predicted molar refractivity (Wildman–Crippen MR) is 267 cm³/mol. The second kappa shape index (κ2) is 31.8. The Balaban J connectivity index is 1.94. The van der Waals surface area contributed by atoms with E-state index in [1.165, 1.54) is 13.0 Å². The summed E-state index contributed by atoms with van der Waals surface area (Å²) in [6, 6.07) is -2.36. The lowest BCUT2D eigenvalue weighted by Gasteiger charge is -2.46. The van der Waals surface area contributed by atoms with Gasteiger partial charge in [-0.2, -0.15) is 0 Å². The van der Waals surface area contributed by atoms with Gasteiger partial charge in [0.2, 0.25) is 5.91 Å². The first-order valence-corrected chi connectivity index (χ1v) is 25.1. The Kier molecular flexibility index (Phi) is 27.5. The minimum Gasteiger partial charge on any atom is -0.469 e. The van der Waals surface area contributed by atoms with Crippen LogP contribution in [0.25, 0.3) is 0 Å². The number of nitrogens with two attached hydrogens (primary N) is 2. The molecule has 0 spiro atoms. The van der Waals surface area contributed by atoms with Crippen LogP contribution in [0, 0.1) is 17.8 Å². The highest BCUT2D eigenvalue weighted by atomic mass is 16.7. The van der Waals surface area contributed by atoms with Crippen LogP contribution in [-0.4, -0.2) is 186 Å². The van der Waals surface area contributed by atoms with Gasteiger partial charge in [-0.1, -0.05) is 98.9 Å². The number of aliphatic hydroxyl groups is 10. The van der Waals surface area contributed by atoms with Gasteiger partial charge >= 0.3 is 11.9 Å². The molecule has 3 heterocycles. The van der Waals surface area contributed by atoms with Gasteiger partial charge in [0.1, 0.15) is 24.2 Å². The lowest BCUT2D eigenvalue weighted by Crippen LogP contribution is -2.65. The fourth-order valence-corrected chi connectivity index (χ4v) is 8.81. The molecule has 2 fully saturated rings. The van der Waals surface area contributed by atoms with E-state index >= 15 is 0 Å². The molecule has 1 amide bonds. The SMILES string of the molecule is COC(=O)[C@H]1[C@@H]2C[C@@H](O[C@@H]3O[C@H](C)[C@@H](O)[C@H](NC(=O)C(N)CCN)[C@@H]3O)/C=C/C=C/C=C/C=C/C=C/C=C/C=C/[C@H](C)[C@@H](O)[C@@H](C)[C@H](C)OC(=O)C[C@H](O)C[C@H](O)CC[C@@H](O)[C@H](O)C[C@H](O)C[C@](O)(C[C@@H]1O)O2. The smallest absolute Gasteiger partial charge is 0.313 e. The van der Waals surface area contributed by atoms with Gasteiger partial charge in [0.25, 0.3) is 0 Å². The number of esters is 2. The van der Waals surface area contributed by atoms with Crippen LogP contribution in [0.4, 0.5) is 0 Å². The van der Waals surface area contributed by atoms with Crippen LogP contribution in [0.3, 0.4) is 0 Å². The average Bonchev–Trinajstić information content (AvgIpc) is 3.32. The lowest BCUT2D eigenvalue weighted by molar-refractivity contribution is -0.309. The number of nitrogens with one attached hydrogen (secondary N) is 1. The van der Waals surface area contributed by atoms with E-state index in [9.17, 15) is 65.4 Å². The number of ether oxygens (including phenoxy) is 5. The topological polar surface area (TPSA) is 364 Å². The molecule has 3 aliphatic rings. The molecule has 73 heavy (non-hydrogen) atoms. The maximum atomic E-state index is 13.2. The molecule has 3 rings (SSSR count). The fourth-order valence-electron chi connectivity index (χ4n) is 8.81. The van der Waals surface area contributed by atoms with Crippen LogP contribution in [0.2, 0.25) is 0 Å². The molecule has 0 aromatic rings. The van der Waals surface area contributed by atoms with Crippen molar-refractivity contribution in [3.8, 4) is 0 Å². The standard InChI is InChI=1S/C52H83N3O18/c1-30-18-16-14-12-10-8-6-7-9-11-13-15-17-19-37(72-51-48(65)45(47(64)33(4)71-51)55-49(66)38(54)22-23-53)27-42-44(50(67)69-5)41(61)29-52(68,73-42)28-36(58)25-40(60)39(59)21-20-34(56)24-35(57)26-43(62)70-32(3)31(2)46(30)63/h6-19,30-42,44-48,51,56-61,63-65,68H,20-29,53-54H2,1-5H3,(H,55,66)/b7-6+,10-8+,11-9+,14-12+,15-13+,18-16+,19-17+/t30-,31-,32-,33+,34+,35+,36-,37-,38?,39+,40+,41-,42-,44+,45-,46+,47+,48-,51-,52+/m0/s1. The molecule has 2 bridgehead atoms. The monoisotopic (exact) mass is 1040 g/mol. The molecule has 0 radical (unpaired) electrons. The van der Waals surface area contributed by atoms with Crippen molar-refractivity contribution in [1.82, 2.24) is 5.32 Å². The highest BCUT2D eigenvalue weighted by molar-refractivity contribution is 5.82. The number of allylic oxidation sites excluding steroid dienone is 12. The first-order chi connectivity index (χ1) is 34.5. The van der Waals surface area contributed by atoms with Crippen LogP contribution in [0.1, 0.15) is 85.5 Å². The third-order valence-corrected chi connectivity index (χ3v) is 13.3. The Morgan fingerprint density at radius 2 is 1.32 bits per heavy atom. The van der Waals surface area contributed by atoms with E-state index in [0.29, 0.717) is 0 Å². The summed E-state index contributed by atoms with van der Waals surface area (Å²) in [5.41, 5.74) is 11.5. The minimum absolute atomic E-state index is 0.108. The number of cyclic esters (lactones) is 1. The van der Waals surface area contributed by atoms with Gasteiger partial charge in [-0.05, 0) is 46.1 Å². The Bertz CT molecular complexity index is 1900. The van der Waals surface area contributed by atoms with Gasteiger partial charge in [0.05, 0.1) is 86.7 Å². The molecule has 21 nitrogen and oxygen atoms in total. The first-order valence-electron chi connectivity index (χ1n) is 25.1. The molecule has 0 saturated carbocycles. The largest absolute Gasteiger partial charge is 0.469 e. The van der Waals surface area contributed by atoms with Crippen LogP contribution >= 0.6 is 0 Å². The van der Waals surface area contributed by atoms with E-state index < -0.39 is 159 Å². The summed E-state index contributed by atoms with van der Waals surface area (Å²) in [4.78, 5) is 38.8. The normalized spacial score (nSPS) is 42.1. The van der Waals surface area contributed by atoms with E-state index in [4.69, 9.17) is 35.2 Å². The molecule has 15 N–H and O–H groups in total. The number of hydrogen-bond donors (Lipinski definition) is 13. The van der Waals surface area contributed by atoms with Crippen LogP contribution in [-0.2, 0) is 38.1 Å². The zero-order chi connectivity index (χ0) is 54.4. The van der Waals surface area contributed by atoms with Gasteiger partial charge in [-0.3, -0.25) is 14.4 Å². The predicted octanol–water partition coefficient (Wildman–Crippen LogP) is -0.366. The highest BCUT2D eigenvalue weighted by Crippen LogP contribution is 2.38. The third-order valence-electron chi connectivity index (χ3n) is 13.3. The Morgan fingerprint density at radius 3 is 1.90 bits per heavy atom. The second-order valence-electron chi connectivity index (χ2n) is 19.4. The molecule has 3 aliphatic heterocycles. The van der Waals surface area contributed by atoms with E-state index in [1.54, 1.807) is 86.8 Å². The Labute approximate surface area is 428 Å². The van der Waals surface area contributed by atoms with Crippen molar-refractivity contribution >= 4 is 17.8 Å². The fraction of sp³-hybridized carbons (Fsp3) is 0.673. The lowest BCUT2D eigenvalue weighted by atomic mass is 9.82. The molecule has 1 unspecified atom stereocenters. The maximum absolute atomic E-state index is 13.2. The molecular weight excluding hydrogens is 955 g/mol. The van der Waals surface area contributed by atoms with Crippen molar-refractivity contribution in [2.75, 3.05) is 13.7 Å². The summed E-state index contributed by atoms with van der Waals surface area (Å²) in [7, 11) is 1.10. The number of aliphatic hydroxyl groups excluding tert-OH is 9. The number of hydrogen-bond acceptors (Lipinski definition) is 20. The van der Waals surface area contributed by atoms with Crippen molar-refractivity contribution in [2.24, 2.45) is 29.2 Å². The maximum Gasteiger partial charge on any atom is 0.313 e. The third kappa shape index (κ3) is 21.3. The van der Waals surface area contributed by atoms with Gasteiger partial charge in [0.15, 0.2) is 12.1 Å². The first kappa shape index (κ1) is 63.3. The number of carbonyl (C=O) groups is 3. The molecule has 0 aromatic carbocycles. The van der Waals surface area contributed by atoms with E-state index in [-0.39, 0.29) is 44.6 Å². The van der Waals surface area contributed by atoms with Crippen molar-refractivity contribution < 1.29 is 89.1 Å². The number of carbonyl (C=O) groups excluding carboxylic acids is 3. The van der Waals surface area contributed by atoms with E-state index in [2.05, 4.69) is 5.32 Å². The second-order valence-corrected chi connectivity index (χ2v) is 19.4. The number of rotatable bonds is 7. The number of amides is 1. The van der Waals surface area contributed by atoms with Crippen LogP contribution in [0.5, 0.6) is 0 Å². The van der Waals surface area contributed by atoms with Gasteiger partial charge in [-0.15, -0.1) is 0 Å². The number of methoxy groups -OCH3 is 1. The summed E-state index contributed by atoms with van der Waals surface area (Å²) < 4.78 is 28.7. The van der Waals surface area contributed by atoms with Crippen molar-refractivity contribution in [3.63, 3.8) is 0 Å². The van der Waals surface area contributed by atoms with E-state index in [0.717, 1.165) is 7.11 Å². The molecule has 20 atom stereocenters. The minimum atomic E-state index is -2.33. The average molecular weight is 1040 g/mol. The van der Waals surface area contributed by atoms with Gasteiger partial charge in [0, 0.05) is 37.5 Å². The number of fused-ring (bicyclic) bond motifs is 2. The summed E-state index contributed by atoms with van der Waals surface area (Å²) in [5.74, 6) is -6.83. The Morgan fingerprint density at radius 1 is 0.726 bits per heavy atom. The summed E-state index contributed by atoms with van der Waals surface area (Å²) in [6.07, 6.45) is 2.89. The van der Waals surface area contributed by atoms with Crippen LogP contribution < -0.4 is 16.8 Å². The molecule has 2 saturated heterocycles. The Hall–Kier alpha value is -4.01.